The predicted octanol–water partition coefficient (Wildman–Crippen LogP) is 1.14. The molecule has 15 heavy (non-hydrogen) atoms. The van der Waals surface area contributed by atoms with E-state index >= 15 is 0 Å². The summed E-state index contributed by atoms with van der Waals surface area (Å²) < 4.78 is 0. The Labute approximate surface area is 92.1 Å². The zero-order valence-electron chi connectivity index (χ0n) is 9.49. The van der Waals surface area contributed by atoms with E-state index in [-0.39, 0.29) is 6.61 Å². The van der Waals surface area contributed by atoms with Gasteiger partial charge in [-0.1, -0.05) is 6.42 Å². The van der Waals surface area contributed by atoms with Gasteiger partial charge >= 0.3 is 0 Å². The molecule has 2 N–H and O–H groups in total. The maximum absolute atomic E-state index is 10.1. The average molecular weight is 213 g/mol. The highest BCUT2D eigenvalue weighted by atomic mass is 16.3. The van der Waals surface area contributed by atoms with Gasteiger partial charge in [0.05, 0.1) is 5.60 Å². The molecule has 2 aliphatic rings. The van der Waals surface area contributed by atoms with Crippen LogP contribution in [0.3, 0.4) is 0 Å². The Morgan fingerprint density at radius 1 is 1.20 bits per heavy atom. The highest BCUT2D eigenvalue weighted by molar-refractivity contribution is 4.92. The Balaban J connectivity index is 1.86. The van der Waals surface area contributed by atoms with Gasteiger partial charge in [0, 0.05) is 19.2 Å². The number of hydrogen-bond acceptors (Lipinski definition) is 3. The van der Waals surface area contributed by atoms with Gasteiger partial charge < -0.3 is 10.2 Å². The van der Waals surface area contributed by atoms with Gasteiger partial charge in [-0.3, -0.25) is 4.90 Å². The summed E-state index contributed by atoms with van der Waals surface area (Å²) in [6.07, 6.45) is 7.70. The van der Waals surface area contributed by atoms with E-state index < -0.39 is 5.60 Å². The summed E-state index contributed by atoms with van der Waals surface area (Å²) in [6.45, 7) is 2.21. The van der Waals surface area contributed by atoms with E-state index in [1.807, 2.05) is 0 Å². The van der Waals surface area contributed by atoms with Gasteiger partial charge in [-0.2, -0.15) is 0 Å². The fourth-order valence-electron chi connectivity index (χ4n) is 2.87. The fraction of sp³-hybridized carbons (Fsp3) is 1.00. The van der Waals surface area contributed by atoms with Crippen LogP contribution in [0.1, 0.15) is 44.9 Å². The van der Waals surface area contributed by atoms with Crippen LogP contribution in [0.25, 0.3) is 0 Å². The van der Waals surface area contributed by atoms with E-state index in [4.69, 9.17) is 5.11 Å². The van der Waals surface area contributed by atoms with Gasteiger partial charge in [-0.15, -0.1) is 0 Å². The van der Waals surface area contributed by atoms with Gasteiger partial charge in [0.2, 0.25) is 0 Å². The molecular formula is C12H23NO2. The topological polar surface area (TPSA) is 43.7 Å². The van der Waals surface area contributed by atoms with E-state index in [1.165, 1.54) is 25.7 Å². The third kappa shape index (κ3) is 2.71. The second-order valence-corrected chi connectivity index (χ2v) is 5.21. The molecule has 1 saturated carbocycles. The number of nitrogens with zero attached hydrogens (tertiary/aromatic N) is 1. The molecule has 0 amide bonds. The minimum absolute atomic E-state index is 0.277. The first-order valence-corrected chi connectivity index (χ1v) is 6.31. The van der Waals surface area contributed by atoms with Crippen LogP contribution >= 0.6 is 0 Å². The molecule has 2 fully saturated rings. The Morgan fingerprint density at radius 3 is 2.60 bits per heavy atom. The van der Waals surface area contributed by atoms with Crippen molar-refractivity contribution in [3.63, 3.8) is 0 Å². The molecule has 0 spiro atoms. The lowest BCUT2D eigenvalue weighted by Crippen LogP contribution is -2.52. The normalized spacial score (nSPS) is 31.2. The molecule has 0 radical (unpaired) electrons. The molecule has 1 aliphatic carbocycles. The summed E-state index contributed by atoms with van der Waals surface area (Å²) in [5, 5.41) is 19.2. The third-order valence-electron chi connectivity index (χ3n) is 3.99. The molecular weight excluding hydrogens is 190 g/mol. The van der Waals surface area contributed by atoms with E-state index in [1.54, 1.807) is 0 Å². The van der Waals surface area contributed by atoms with Gasteiger partial charge in [0.15, 0.2) is 0 Å². The quantitative estimate of drug-likeness (QED) is 0.736. The van der Waals surface area contributed by atoms with E-state index in [2.05, 4.69) is 4.90 Å². The number of hydrogen-bond donors (Lipinski definition) is 2. The molecule has 0 bridgehead atoms. The van der Waals surface area contributed by atoms with Crippen molar-refractivity contribution >= 4 is 0 Å². The first-order valence-electron chi connectivity index (χ1n) is 6.31. The largest absolute Gasteiger partial charge is 0.396 e. The lowest BCUT2D eigenvalue weighted by Gasteiger charge is -2.45. The average Bonchev–Trinajstić information content (AvgIpc) is 2.19. The van der Waals surface area contributed by atoms with Crippen molar-refractivity contribution in [2.24, 2.45) is 0 Å². The van der Waals surface area contributed by atoms with Crippen molar-refractivity contribution in [1.82, 2.24) is 4.90 Å². The summed E-state index contributed by atoms with van der Waals surface area (Å²) >= 11 is 0. The lowest BCUT2D eigenvalue weighted by molar-refractivity contribution is -0.0730. The molecule has 1 unspecified atom stereocenters. The lowest BCUT2D eigenvalue weighted by atomic mass is 9.79. The molecule has 0 aromatic rings. The maximum atomic E-state index is 10.1. The summed E-state index contributed by atoms with van der Waals surface area (Å²) in [5.41, 5.74) is -0.398. The summed E-state index contributed by atoms with van der Waals surface area (Å²) in [5.74, 6) is 0. The van der Waals surface area contributed by atoms with Crippen LogP contribution in [0.15, 0.2) is 0 Å². The zero-order chi connectivity index (χ0) is 10.7. The van der Waals surface area contributed by atoms with Crippen LogP contribution < -0.4 is 0 Å². The van der Waals surface area contributed by atoms with Gasteiger partial charge in [-0.25, -0.2) is 0 Å². The molecule has 3 heteroatoms. The highest BCUT2D eigenvalue weighted by Gasteiger charge is 2.38. The van der Waals surface area contributed by atoms with E-state index in [0.29, 0.717) is 6.04 Å². The van der Waals surface area contributed by atoms with Gasteiger partial charge in [0.25, 0.3) is 0 Å². The van der Waals surface area contributed by atoms with Crippen molar-refractivity contribution in [3.8, 4) is 0 Å². The van der Waals surface area contributed by atoms with Crippen molar-refractivity contribution < 1.29 is 10.2 Å². The zero-order valence-corrected chi connectivity index (χ0v) is 9.49. The number of aliphatic hydroxyl groups excluding tert-OH is 1. The second kappa shape index (κ2) is 4.81. The van der Waals surface area contributed by atoms with Crippen LogP contribution in [-0.4, -0.2) is 46.5 Å². The summed E-state index contributed by atoms with van der Waals surface area (Å²) in [6, 6.07) is 0.508. The first-order chi connectivity index (χ1) is 7.23. The molecule has 1 aliphatic heterocycles. The molecule has 1 saturated heterocycles. The molecule has 3 nitrogen and oxygen atoms in total. The van der Waals surface area contributed by atoms with E-state index in [9.17, 15) is 5.11 Å². The minimum Gasteiger partial charge on any atom is -0.396 e. The van der Waals surface area contributed by atoms with Crippen molar-refractivity contribution in [2.75, 3.05) is 19.7 Å². The number of likely N-dealkylation sites (tertiary alicyclic amines) is 1. The molecule has 2 rings (SSSR count). The molecule has 1 heterocycles. The summed E-state index contributed by atoms with van der Waals surface area (Å²) in [7, 11) is 0. The number of aliphatic hydroxyl groups is 2. The minimum atomic E-state index is -0.398. The Kier molecular flexibility index (Phi) is 3.65. The van der Waals surface area contributed by atoms with Crippen LogP contribution in [0, 0.1) is 0 Å². The monoisotopic (exact) mass is 213 g/mol. The second-order valence-electron chi connectivity index (χ2n) is 5.21. The maximum Gasteiger partial charge on any atom is 0.0774 e. The van der Waals surface area contributed by atoms with Crippen molar-refractivity contribution in [2.45, 2.75) is 56.6 Å². The van der Waals surface area contributed by atoms with E-state index in [0.717, 1.165) is 32.4 Å². The fourth-order valence-corrected chi connectivity index (χ4v) is 2.87. The highest BCUT2D eigenvalue weighted by Crippen LogP contribution is 2.34. The Bertz CT molecular complexity index is 202. The molecule has 1 atom stereocenters. The Morgan fingerprint density at radius 2 is 2.00 bits per heavy atom. The van der Waals surface area contributed by atoms with Crippen LogP contribution in [0.4, 0.5) is 0 Å². The number of rotatable bonds is 4. The smallest absolute Gasteiger partial charge is 0.0774 e. The predicted molar refractivity (Wildman–Crippen MR) is 59.7 cm³/mol. The number of β-amino-alcohol motifs (C(OH)–C–C–N with tert-alkyl or cyclic N) is 1. The first kappa shape index (κ1) is 11.4. The van der Waals surface area contributed by atoms with Gasteiger partial charge in [-0.05, 0) is 45.1 Å². The van der Waals surface area contributed by atoms with Crippen molar-refractivity contribution in [3.05, 3.63) is 0 Å². The van der Waals surface area contributed by atoms with Gasteiger partial charge in [0.1, 0.15) is 0 Å². The van der Waals surface area contributed by atoms with Crippen LogP contribution in [0.5, 0.6) is 0 Å². The Hall–Kier alpha value is -0.120. The summed E-state index contributed by atoms with van der Waals surface area (Å²) in [4.78, 5) is 2.40. The molecule has 88 valence electrons. The molecule has 0 aromatic heterocycles. The third-order valence-corrected chi connectivity index (χ3v) is 3.99. The SMILES string of the molecule is OCCC1CCCCN1CC1(O)CCC1. The van der Waals surface area contributed by atoms with Crippen molar-refractivity contribution in [1.29, 1.82) is 0 Å². The standard InChI is InChI=1S/C12H23NO2/c14-9-5-11-4-1-2-8-13(11)10-12(15)6-3-7-12/h11,14-15H,1-10H2. The molecule has 0 aromatic carbocycles. The van der Waals surface area contributed by atoms with Crippen LogP contribution in [0.2, 0.25) is 0 Å². The number of piperidine rings is 1. The van der Waals surface area contributed by atoms with Crippen LogP contribution in [-0.2, 0) is 0 Å².